The van der Waals surface area contributed by atoms with E-state index in [4.69, 9.17) is 10.5 Å². The minimum atomic E-state index is -0.473. The molecule has 0 bridgehead atoms. The fourth-order valence-corrected chi connectivity index (χ4v) is 2.50. The van der Waals surface area contributed by atoms with E-state index in [1.54, 1.807) is 18.3 Å². The van der Waals surface area contributed by atoms with Crippen LogP contribution in [0.15, 0.2) is 54.7 Å². The van der Waals surface area contributed by atoms with Gasteiger partial charge < -0.3 is 15.6 Å². The molecule has 106 valence electrons. The summed E-state index contributed by atoms with van der Waals surface area (Å²) in [6.45, 7) is 0. The van der Waals surface area contributed by atoms with E-state index >= 15 is 0 Å². The number of ether oxygens (including phenoxy) is 1. The number of pyridine rings is 1. The number of para-hydroxylation sites is 2. The molecule has 3 aromatic rings. The zero-order valence-electron chi connectivity index (χ0n) is 11.7. The van der Waals surface area contributed by atoms with E-state index < -0.39 is 6.04 Å². The zero-order chi connectivity index (χ0) is 14.8. The highest BCUT2D eigenvalue weighted by atomic mass is 16.5. The molecule has 0 fully saturated rings. The molecule has 1 aromatic heterocycles. The molecule has 21 heavy (non-hydrogen) atoms. The van der Waals surface area contributed by atoms with Crippen molar-refractivity contribution in [2.45, 2.75) is 6.04 Å². The average Bonchev–Trinajstić information content (AvgIpc) is 2.54. The summed E-state index contributed by atoms with van der Waals surface area (Å²) in [6, 6.07) is 14.6. The maximum Gasteiger partial charge on any atom is 0.162 e. The summed E-state index contributed by atoms with van der Waals surface area (Å²) >= 11 is 0. The largest absolute Gasteiger partial charge is 0.504 e. The molecule has 0 spiro atoms. The van der Waals surface area contributed by atoms with Crippen LogP contribution in [0.5, 0.6) is 11.5 Å². The number of phenolic OH excluding ortho intramolecular Hbond substituents is 1. The summed E-state index contributed by atoms with van der Waals surface area (Å²) in [5.41, 5.74) is 8.68. The van der Waals surface area contributed by atoms with E-state index in [1.807, 2.05) is 36.4 Å². The van der Waals surface area contributed by atoms with Gasteiger partial charge in [0.1, 0.15) is 0 Å². The van der Waals surface area contributed by atoms with E-state index in [0.29, 0.717) is 11.3 Å². The molecule has 2 aromatic carbocycles. The molecular weight excluding hydrogens is 264 g/mol. The third-order valence-electron chi connectivity index (χ3n) is 3.58. The van der Waals surface area contributed by atoms with Gasteiger partial charge in [-0.1, -0.05) is 36.4 Å². The first kappa shape index (κ1) is 13.4. The van der Waals surface area contributed by atoms with E-state index in [9.17, 15) is 5.11 Å². The normalized spacial score (nSPS) is 12.3. The fraction of sp³-hybridized carbons (Fsp3) is 0.118. The molecular formula is C17H16N2O2. The highest BCUT2D eigenvalue weighted by Gasteiger charge is 2.18. The van der Waals surface area contributed by atoms with Crippen molar-refractivity contribution < 1.29 is 9.84 Å². The van der Waals surface area contributed by atoms with E-state index in [2.05, 4.69) is 4.98 Å². The number of aromatic hydroxyl groups is 1. The predicted octanol–water partition coefficient (Wildman–Crippen LogP) is 3.00. The van der Waals surface area contributed by atoms with Gasteiger partial charge >= 0.3 is 0 Å². The predicted molar refractivity (Wildman–Crippen MR) is 82.4 cm³/mol. The van der Waals surface area contributed by atoms with Gasteiger partial charge in [0.2, 0.25) is 0 Å². The summed E-state index contributed by atoms with van der Waals surface area (Å²) in [4.78, 5) is 4.41. The Bertz CT molecular complexity index is 781. The number of nitrogens with two attached hydrogens (primary N) is 1. The molecule has 0 amide bonds. The zero-order valence-corrected chi connectivity index (χ0v) is 11.7. The lowest BCUT2D eigenvalue weighted by Crippen LogP contribution is -2.13. The Labute approximate surface area is 122 Å². The smallest absolute Gasteiger partial charge is 0.162 e. The summed E-state index contributed by atoms with van der Waals surface area (Å²) < 4.78 is 5.14. The molecule has 4 heteroatoms. The van der Waals surface area contributed by atoms with Gasteiger partial charge in [-0.05, 0) is 17.7 Å². The van der Waals surface area contributed by atoms with Crippen LogP contribution >= 0.6 is 0 Å². The van der Waals surface area contributed by atoms with Gasteiger partial charge in [-0.15, -0.1) is 0 Å². The van der Waals surface area contributed by atoms with Crippen molar-refractivity contribution >= 4 is 10.9 Å². The third kappa shape index (κ3) is 2.30. The molecule has 1 unspecified atom stereocenters. The molecule has 0 saturated heterocycles. The molecule has 3 rings (SSSR count). The molecule has 0 radical (unpaired) electrons. The number of nitrogens with zero attached hydrogens (tertiary/aromatic N) is 1. The molecule has 1 atom stereocenters. The molecule has 4 nitrogen and oxygen atoms in total. The molecule has 1 heterocycles. The van der Waals surface area contributed by atoms with E-state index in [0.717, 1.165) is 16.5 Å². The maximum absolute atomic E-state index is 10.3. The first-order chi connectivity index (χ1) is 10.2. The van der Waals surface area contributed by atoms with Crippen LogP contribution in [0, 0.1) is 0 Å². The molecule has 0 aliphatic carbocycles. The van der Waals surface area contributed by atoms with Gasteiger partial charge in [0.25, 0.3) is 0 Å². The lowest BCUT2D eigenvalue weighted by atomic mass is 9.96. The highest BCUT2D eigenvalue weighted by molar-refractivity contribution is 5.82. The van der Waals surface area contributed by atoms with Crippen molar-refractivity contribution in [2.75, 3.05) is 7.11 Å². The van der Waals surface area contributed by atoms with Gasteiger partial charge in [0, 0.05) is 17.1 Å². The quantitative estimate of drug-likeness (QED) is 0.774. The Morgan fingerprint density at radius 1 is 1.05 bits per heavy atom. The van der Waals surface area contributed by atoms with Gasteiger partial charge in [-0.2, -0.15) is 0 Å². The summed E-state index contributed by atoms with van der Waals surface area (Å²) in [6.07, 6.45) is 1.74. The van der Waals surface area contributed by atoms with Crippen molar-refractivity contribution in [1.29, 1.82) is 0 Å². The Kier molecular flexibility index (Phi) is 3.46. The molecule has 0 saturated carbocycles. The van der Waals surface area contributed by atoms with Crippen LogP contribution in [0.3, 0.4) is 0 Å². The van der Waals surface area contributed by atoms with Crippen LogP contribution in [0.1, 0.15) is 17.2 Å². The van der Waals surface area contributed by atoms with Gasteiger partial charge in [-0.3, -0.25) is 4.98 Å². The van der Waals surface area contributed by atoms with Crippen molar-refractivity contribution in [2.24, 2.45) is 5.73 Å². The highest BCUT2D eigenvalue weighted by Crippen LogP contribution is 2.36. The lowest BCUT2D eigenvalue weighted by Gasteiger charge is -2.17. The van der Waals surface area contributed by atoms with Crippen LogP contribution in [0.25, 0.3) is 10.9 Å². The standard InChI is InChI=1S/C17H16N2O2/c1-21-14-9-3-8-13(17(14)20)15(18)12-7-2-5-11-6-4-10-19-16(11)12/h2-10,15,20H,18H2,1H3. The summed E-state index contributed by atoms with van der Waals surface area (Å²) in [7, 11) is 1.52. The number of hydrogen-bond acceptors (Lipinski definition) is 4. The minimum absolute atomic E-state index is 0.0698. The second kappa shape index (κ2) is 5.42. The Balaban J connectivity index is 2.15. The van der Waals surface area contributed by atoms with Crippen LogP contribution < -0.4 is 10.5 Å². The Hall–Kier alpha value is -2.59. The van der Waals surface area contributed by atoms with Gasteiger partial charge in [-0.25, -0.2) is 0 Å². The van der Waals surface area contributed by atoms with Crippen LogP contribution in [0.4, 0.5) is 0 Å². The SMILES string of the molecule is COc1cccc(C(N)c2cccc3cccnc23)c1O. The third-order valence-corrected chi connectivity index (χ3v) is 3.58. The number of rotatable bonds is 3. The molecule has 3 N–H and O–H groups in total. The Morgan fingerprint density at radius 3 is 2.57 bits per heavy atom. The topological polar surface area (TPSA) is 68.4 Å². The Morgan fingerprint density at radius 2 is 1.76 bits per heavy atom. The van der Waals surface area contributed by atoms with E-state index in [1.165, 1.54) is 7.11 Å². The second-order valence-corrected chi connectivity index (χ2v) is 4.80. The average molecular weight is 280 g/mol. The van der Waals surface area contributed by atoms with Crippen LogP contribution in [0.2, 0.25) is 0 Å². The van der Waals surface area contributed by atoms with Crippen molar-refractivity contribution in [3.05, 3.63) is 65.9 Å². The number of methoxy groups -OCH3 is 1. The first-order valence-corrected chi connectivity index (χ1v) is 6.67. The number of fused-ring (bicyclic) bond motifs is 1. The lowest BCUT2D eigenvalue weighted by molar-refractivity contribution is 0.369. The fourth-order valence-electron chi connectivity index (χ4n) is 2.50. The second-order valence-electron chi connectivity index (χ2n) is 4.80. The number of phenols is 1. The summed E-state index contributed by atoms with van der Waals surface area (Å²) in [5, 5.41) is 11.3. The van der Waals surface area contributed by atoms with Crippen molar-refractivity contribution in [1.82, 2.24) is 4.98 Å². The first-order valence-electron chi connectivity index (χ1n) is 6.67. The summed E-state index contributed by atoms with van der Waals surface area (Å²) in [5.74, 6) is 0.483. The molecule has 0 aliphatic heterocycles. The van der Waals surface area contributed by atoms with E-state index in [-0.39, 0.29) is 5.75 Å². The maximum atomic E-state index is 10.3. The van der Waals surface area contributed by atoms with Gasteiger partial charge in [0.15, 0.2) is 11.5 Å². The van der Waals surface area contributed by atoms with Gasteiger partial charge in [0.05, 0.1) is 18.7 Å². The van der Waals surface area contributed by atoms with Crippen molar-refractivity contribution in [3.63, 3.8) is 0 Å². The number of hydrogen-bond donors (Lipinski definition) is 2. The number of aromatic nitrogens is 1. The molecule has 0 aliphatic rings. The van der Waals surface area contributed by atoms with Crippen LogP contribution in [-0.4, -0.2) is 17.2 Å². The number of benzene rings is 2. The van der Waals surface area contributed by atoms with Crippen LogP contribution in [-0.2, 0) is 0 Å². The monoisotopic (exact) mass is 280 g/mol. The minimum Gasteiger partial charge on any atom is -0.504 e. The van der Waals surface area contributed by atoms with Crippen molar-refractivity contribution in [3.8, 4) is 11.5 Å².